The third-order valence-corrected chi connectivity index (χ3v) is 9.80. The molecule has 0 aliphatic heterocycles. The number of thiophene rings is 1. The molecule has 43 heavy (non-hydrogen) atoms. The molecule has 9 rings (SSSR count). The maximum atomic E-state index is 5.09. The highest BCUT2D eigenvalue weighted by Crippen LogP contribution is 2.43. The van der Waals surface area contributed by atoms with Crippen LogP contribution in [0, 0.1) is 0 Å². The van der Waals surface area contributed by atoms with Crippen molar-refractivity contribution in [2.24, 2.45) is 0 Å². The summed E-state index contributed by atoms with van der Waals surface area (Å²) >= 11 is 1.87. The summed E-state index contributed by atoms with van der Waals surface area (Å²) < 4.78 is 2.64. The van der Waals surface area contributed by atoms with Gasteiger partial charge in [0.15, 0.2) is 0 Å². The summed E-state index contributed by atoms with van der Waals surface area (Å²) in [6, 6.07) is 52.7. The smallest absolute Gasteiger partial charge is 0.0714 e. The number of hydrogen-bond donors (Lipinski definition) is 0. The molecule has 0 atom stereocenters. The van der Waals surface area contributed by atoms with Crippen molar-refractivity contribution in [2.45, 2.75) is 0 Å². The number of benzene rings is 7. The number of nitrogens with zero attached hydrogens (tertiary/aromatic N) is 1. The minimum Gasteiger partial charge on any atom is -0.256 e. The Hall–Kier alpha value is -5.31. The molecule has 1 nitrogen and oxygen atoms in total. The maximum absolute atomic E-state index is 5.09. The first-order valence-corrected chi connectivity index (χ1v) is 15.4. The van der Waals surface area contributed by atoms with Crippen molar-refractivity contribution in [1.29, 1.82) is 0 Å². The van der Waals surface area contributed by atoms with Gasteiger partial charge in [0, 0.05) is 37.5 Å². The Labute approximate surface area is 253 Å². The molecule has 0 saturated heterocycles. The molecule has 0 aliphatic carbocycles. The normalized spacial score (nSPS) is 11.7. The predicted octanol–water partition coefficient (Wildman–Crippen LogP) is 11.9. The molecule has 2 aromatic heterocycles. The molecule has 0 radical (unpaired) electrons. The Bertz CT molecular complexity index is 2430. The molecule has 2 heterocycles. The van der Waals surface area contributed by atoms with Gasteiger partial charge in [0.05, 0.1) is 5.69 Å². The van der Waals surface area contributed by atoms with E-state index in [0.717, 1.165) is 11.3 Å². The lowest BCUT2D eigenvalue weighted by Gasteiger charge is -2.17. The summed E-state index contributed by atoms with van der Waals surface area (Å²) in [4.78, 5) is 5.09. The van der Waals surface area contributed by atoms with E-state index in [0.29, 0.717) is 0 Å². The SMILES string of the molecule is c1ccc(-c2c3ccccc3c(-c3ccc(-c4ccc5c(c4)sc4cc6ccccc6cc45)cn3)c3ccccc23)cc1. The van der Waals surface area contributed by atoms with Gasteiger partial charge in [0.25, 0.3) is 0 Å². The van der Waals surface area contributed by atoms with Gasteiger partial charge in [-0.1, -0.05) is 121 Å². The largest absolute Gasteiger partial charge is 0.256 e. The van der Waals surface area contributed by atoms with Crippen LogP contribution in [0.4, 0.5) is 0 Å². The van der Waals surface area contributed by atoms with Gasteiger partial charge in [-0.05, 0) is 73.3 Å². The summed E-state index contributed by atoms with van der Waals surface area (Å²) in [5.74, 6) is 0. The molecule has 0 N–H and O–H groups in total. The summed E-state index contributed by atoms with van der Waals surface area (Å²) in [5, 5.41) is 10.2. The Kier molecular flexibility index (Phi) is 5.44. The van der Waals surface area contributed by atoms with E-state index < -0.39 is 0 Å². The van der Waals surface area contributed by atoms with Crippen molar-refractivity contribution in [3.05, 3.63) is 152 Å². The third-order valence-electron chi connectivity index (χ3n) is 8.69. The first-order chi connectivity index (χ1) is 21.3. The Morgan fingerprint density at radius 3 is 1.63 bits per heavy atom. The Morgan fingerprint density at radius 2 is 0.953 bits per heavy atom. The molecule has 0 spiro atoms. The van der Waals surface area contributed by atoms with E-state index in [-0.39, 0.29) is 0 Å². The van der Waals surface area contributed by atoms with Crippen molar-refractivity contribution in [1.82, 2.24) is 4.98 Å². The van der Waals surface area contributed by atoms with Crippen LogP contribution < -0.4 is 0 Å². The minimum absolute atomic E-state index is 0.991. The van der Waals surface area contributed by atoms with Crippen LogP contribution in [0.2, 0.25) is 0 Å². The molecule has 9 aromatic rings. The fraction of sp³-hybridized carbons (Fsp3) is 0. The zero-order valence-electron chi connectivity index (χ0n) is 23.3. The predicted molar refractivity (Wildman–Crippen MR) is 186 cm³/mol. The van der Waals surface area contributed by atoms with Gasteiger partial charge < -0.3 is 0 Å². The summed E-state index contributed by atoms with van der Waals surface area (Å²) in [6.07, 6.45) is 2.03. The summed E-state index contributed by atoms with van der Waals surface area (Å²) in [5.41, 5.74) is 7.00. The van der Waals surface area contributed by atoms with E-state index in [4.69, 9.17) is 4.98 Å². The number of aromatic nitrogens is 1. The fourth-order valence-corrected chi connectivity index (χ4v) is 7.85. The van der Waals surface area contributed by atoms with Crippen LogP contribution >= 0.6 is 11.3 Å². The number of fused-ring (bicyclic) bond motifs is 6. The monoisotopic (exact) mass is 563 g/mol. The van der Waals surface area contributed by atoms with Crippen molar-refractivity contribution >= 4 is 63.8 Å². The van der Waals surface area contributed by atoms with Gasteiger partial charge in [-0.2, -0.15) is 0 Å². The lowest BCUT2D eigenvalue weighted by molar-refractivity contribution is 1.34. The number of rotatable bonds is 3. The zero-order valence-corrected chi connectivity index (χ0v) is 24.1. The van der Waals surface area contributed by atoms with Gasteiger partial charge in [-0.15, -0.1) is 11.3 Å². The topological polar surface area (TPSA) is 12.9 Å². The molecule has 7 aromatic carbocycles. The molecule has 0 bridgehead atoms. The minimum atomic E-state index is 0.991. The van der Waals surface area contributed by atoms with Crippen LogP contribution in [0.1, 0.15) is 0 Å². The molecule has 2 heteroatoms. The highest BCUT2D eigenvalue weighted by Gasteiger charge is 2.17. The zero-order chi connectivity index (χ0) is 28.3. The van der Waals surface area contributed by atoms with Gasteiger partial charge >= 0.3 is 0 Å². The lowest BCUT2D eigenvalue weighted by atomic mass is 9.87. The van der Waals surface area contributed by atoms with E-state index in [1.54, 1.807) is 0 Å². The van der Waals surface area contributed by atoms with Crippen LogP contribution in [0.15, 0.2) is 152 Å². The molecule has 0 aliphatic rings. The van der Waals surface area contributed by atoms with Crippen LogP contribution in [-0.2, 0) is 0 Å². The van der Waals surface area contributed by atoms with Gasteiger partial charge in [-0.3, -0.25) is 4.98 Å². The van der Waals surface area contributed by atoms with Crippen LogP contribution in [0.5, 0.6) is 0 Å². The first kappa shape index (κ1) is 24.3. The highest BCUT2D eigenvalue weighted by molar-refractivity contribution is 7.25. The van der Waals surface area contributed by atoms with Crippen molar-refractivity contribution < 1.29 is 0 Å². The van der Waals surface area contributed by atoms with Crippen LogP contribution in [-0.4, -0.2) is 4.98 Å². The third kappa shape index (κ3) is 3.88. The van der Waals surface area contributed by atoms with Gasteiger partial charge in [0.2, 0.25) is 0 Å². The number of pyridine rings is 1. The van der Waals surface area contributed by atoms with Gasteiger partial charge in [-0.25, -0.2) is 0 Å². The van der Waals surface area contributed by atoms with Crippen LogP contribution in [0.3, 0.4) is 0 Å². The average molecular weight is 564 g/mol. The molecule has 0 amide bonds. The maximum Gasteiger partial charge on any atom is 0.0714 e. The molecule has 0 unspecified atom stereocenters. The second-order valence-corrected chi connectivity index (χ2v) is 12.2. The second-order valence-electron chi connectivity index (χ2n) is 11.1. The molecular weight excluding hydrogens is 539 g/mol. The van der Waals surface area contributed by atoms with E-state index in [2.05, 4.69) is 146 Å². The molecule has 0 saturated carbocycles. The lowest BCUT2D eigenvalue weighted by Crippen LogP contribution is -1.92. The van der Waals surface area contributed by atoms with E-state index in [9.17, 15) is 0 Å². The first-order valence-electron chi connectivity index (χ1n) is 14.6. The van der Waals surface area contributed by atoms with Crippen molar-refractivity contribution in [3.63, 3.8) is 0 Å². The standard InChI is InChI=1S/C41H25NS/c1-2-10-26(11-3-1)40-32-14-6-8-16-34(32)41(35-17-9-7-15-33(35)40)37-21-19-30(25-42-37)29-18-20-31-36-22-27-12-4-5-13-28(27)23-39(36)43-38(31)24-29/h1-25H. The summed E-state index contributed by atoms with van der Waals surface area (Å²) in [6.45, 7) is 0. The fourth-order valence-electron chi connectivity index (χ4n) is 6.67. The molecule has 0 fully saturated rings. The van der Waals surface area contributed by atoms with E-state index in [1.807, 2.05) is 17.5 Å². The van der Waals surface area contributed by atoms with Crippen LogP contribution in [0.25, 0.3) is 86.0 Å². The summed E-state index contributed by atoms with van der Waals surface area (Å²) in [7, 11) is 0. The Morgan fingerprint density at radius 1 is 0.372 bits per heavy atom. The van der Waals surface area contributed by atoms with Crippen molar-refractivity contribution in [3.8, 4) is 33.5 Å². The van der Waals surface area contributed by atoms with E-state index in [1.165, 1.54) is 74.7 Å². The molecule has 200 valence electrons. The van der Waals surface area contributed by atoms with Crippen molar-refractivity contribution in [2.75, 3.05) is 0 Å². The second kappa shape index (κ2) is 9.62. The van der Waals surface area contributed by atoms with Gasteiger partial charge in [0.1, 0.15) is 0 Å². The number of hydrogen-bond acceptors (Lipinski definition) is 2. The molecular formula is C41H25NS. The average Bonchev–Trinajstić information content (AvgIpc) is 3.43. The van der Waals surface area contributed by atoms with E-state index >= 15 is 0 Å². The Balaban J connectivity index is 1.18. The highest BCUT2D eigenvalue weighted by atomic mass is 32.1. The quantitative estimate of drug-likeness (QED) is 0.195.